The lowest BCUT2D eigenvalue weighted by atomic mass is 10.1. The number of rotatable bonds is 13. The number of amides is 1. The number of hydrogen-bond donors (Lipinski definition) is 0. The molecule has 0 heterocycles. The molecule has 150 valence electrons. The summed E-state index contributed by atoms with van der Waals surface area (Å²) in [6.45, 7) is 18.6. The Morgan fingerprint density at radius 3 is 1.96 bits per heavy atom. The molecule has 0 rings (SSSR count). The van der Waals surface area contributed by atoms with Gasteiger partial charge in [-0.05, 0) is 68.5 Å². The SMILES string of the molecule is CC(C)OCCN(CCC(C)N(C)CCC(=O)N(C)C(C)C)C(C)C. The molecule has 0 radical (unpaired) electrons. The smallest absolute Gasteiger partial charge is 0.223 e. The number of hydrogen-bond acceptors (Lipinski definition) is 4. The third-order valence-corrected chi connectivity index (χ3v) is 4.99. The number of nitrogens with zero attached hydrogens (tertiary/aromatic N) is 3. The molecule has 0 aromatic carbocycles. The third kappa shape index (κ3) is 10.8. The molecule has 0 aromatic rings. The van der Waals surface area contributed by atoms with Crippen LogP contribution in [-0.2, 0) is 9.53 Å². The van der Waals surface area contributed by atoms with Crippen molar-refractivity contribution in [3.05, 3.63) is 0 Å². The molecule has 0 fully saturated rings. The van der Waals surface area contributed by atoms with Crippen LogP contribution in [-0.4, -0.2) is 85.2 Å². The molecule has 1 unspecified atom stereocenters. The highest BCUT2D eigenvalue weighted by molar-refractivity contribution is 5.76. The number of ether oxygens (including phenoxy) is 1. The summed E-state index contributed by atoms with van der Waals surface area (Å²) >= 11 is 0. The van der Waals surface area contributed by atoms with Crippen LogP contribution in [0.4, 0.5) is 0 Å². The molecule has 5 heteroatoms. The Morgan fingerprint density at radius 2 is 1.48 bits per heavy atom. The molecule has 0 spiro atoms. The monoisotopic (exact) mass is 357 g/mol. The fraction of sp³-hybridized carbons (Fsp3) is 0.950. The predicted molar refractivity (Wildman–Crippen MR) is 107 cm³/mol. The minimum Gasteiger partial charge on any atom is -0.377 e. The van der Waals surface area contributed by atoms with Crippen LogP contribution in [0.3, 0.4) is 0 Å². The van der Waals surface area contributed by atoms with Gasteiger partial charge in [0.1, 0.15) is 0 Å². The first kappa shape index (κ1) is 24.4. The fourth-order valence-corrected chi connectivity index (χ4v) is 2.56. The summed E-state index contributed by atoms with van der Waals surface area (Å²) in [5, 5.41) is 0. The van der Waals surface area contributed by atoms with Crippen molar-refractivity contribution in [2.45, 2.75) is 85.5 Å². The zero-order valence-electron chi connectivity index (χ0n) is 18.2. The summed E-state index contributed by atoms with van der Waals surface area (Å²) in [5.41, 5.74) is 0. The van der Waals surface area contributed by atoms with E-state index in [9.17, 15) is 4.79 Å². The van der Waals surface area contributed by atoms with Crippen molar-refractivity contribution in [3.63, 3.8) is 0 Å². The normalized spacial score (nSPS) is 13.5. The van der Waals surface area contributed by atoms with E-state index in [1.165, 1.54) is 0 Å². The van der Waals surface area contributed by atoms with E-state index in [1.54, 1.807) is 0 Å². The average molecular weight is 358 g/mol. The Hall–Kier alpha value is -0.650. The van der Waals surface area contributed by atoms with E-state index in [0.717, 1.165) is 32.7 Å². The second-order valence-corrected chi connectivity index (χ2v) is 8.02. The summed E-state index contributed by atoms with van der Waals surface area (Å²) in [6.07, 6.45) is 1.98. The van der Waals surface area contributed by atoms with E-state index in [0.29, 0.717) is 24.6 Å². The Kier molecular flexibility index (Phi) is 12.3. The molecule has 25 heavy (non-hydrogen) atoms. The van der Waals surface area contributed by atoms with Crippen LogP contribution in [0.5, 0.6) is 0 Å². The van der Waals surface area contributed by atoms with Crippen LogP contribution < -0.4 is 0 Å². The Balaban J connectivity index is 4.22. The first-order chi connectivity index (χ1) is 11.6. The lowest BCUT2D eigenvalue weighted by Crippen LogP contribution is -2.40. The van der Waals surface area contributed by atoms with Crippen molar-refractivity contribution in [1.82, 2.24) is 14.7 Å². The predicted octanol–water partition coefficient (Wildman–Crippen LogP) is 3.09. The fourth-order valence-electron chi connectivity index (χ4n) is 2.56. The molecule has 0 saturated heterocycles. The minimum atomic E-state index is 0.226. The minimum absolute atomic E-state index is 0.226. The highest BCUT2D eigenvalue weighted by atomic mass is 16.5. The maximum absolute atomic E-state index is 12.1. The molecular weight excluding hydrogens is 314 g/mol. The van der Waals surface area contributed by atoms with Crippen molar-refractivity contribution < 1.29 is 9.53 Å². The average Bonchev–Trinajstić information content (AvgIpc) is 2.53. The van der Waals surface area contributed by atoms with Gasteiger partial charge in [-0.3, -0.25) is 9.69 Å². The highest BCUT2D eigenvalue weighted by Crippen LogP contribution is 2.08. The molecule has 0 aliphatic heterocycles. The largest absolute Gasteiger partial charge is 0.377 e. The molecule has 0 N–H and O–H groups in total. The molecule has 0 bridgehead atoms. The second kappa shape index (κ2) is 12.7. The molecular formula is C20H43N3O2. The molecule has 0 saturated carbocycles. The van der Waals surface area contributed by atoms with E-state index in [2.05, 4.69) is 51.5 Å². The zero-order valence-corrected chi connectivity index (χ0v) is 18.2. The van der Waals surface area contributed by atoms with Crippen molar-refractivity contribution in [2.75, 3.05) is 40.3 Å². The van der Waals surface area contributed by atoms with Crippen molar-refractivity contribution in [1.29, 1.82) is 0 Å². The van der Waals surface area contributed by atoms with Gasteiger partial charge in [0.25, 0.3) is 0 Å². The Morgan fingerprint density at radius 1 is 0.880 bits per heavy atom. The van der Waals surface area contributed by atoms with Gasteiger partial charge in [0.05, 0.1) is 12.7 Å². The van der Waals surface area contributed by atoms with Gasteiger partial charge in [-0.25, -0.2) is 0 Å². The highest BCUT2D eigenvalue weighted by Gasteiger charge is 2.17. The van der Waals surface area contributed by atoms with Gasteiger partial charge >= 0.3 is 0 Å². The van der Waals surface area contributed by atoms with Crippen LogP contribution in [0.2, 0.25) is 0 Å². The molecule has 1 atom stereocenters. The summed E-state index contributed by atoms with van der Waals surface area (Å²) < 4.78 is 5.69. The van der Waals surface area contributed by atoms with Crippen LogP contribution in [0, 0.1) is 0 Å². The summed E-state index contributed by atoms with van der Waals surface area (Å²) in [4.78, 5) is 18.7. The quantitative estimate of drug-likeness (QED) is 0.507. The standard InChI is InChI=1S/C20H43N3O2/c1-16(2)22(9)20(24)11-12-21(8)19(7)10-13-23(17(3)4)14-15-25-18(5)6/h16-19H,10-15H2,1-9H3. The first-order valence-corrected chi connectivity index (χ1v) is 9.87. The summed E-state index contributed by atoms with van der Waals surface area (Å²) in [5.74, 6) is 0.226. The van der Waals surface area contributed by atoms with Crippen LogP contribution in [0.25, 0.3) is 0 Å². The van der Waals surface area contributed by atoms with Crippen molar-refractivity contribution in [3.8, 4) is 0 Å². The number of carbonyl (C=O) groups is 1. The van der Waals surface area contributed by atoms with E-state index < -0.39 is 0 Å². The summed E-state index contributed by atoms with van der Waals surface area (Å²) in [7, 11) is 4.01. The zero-order chi connectivity index (χ0) is 19.6. The lowest BCUT2D eigenvalue weighted by molar-refractivity contribution is -0.131. The van der Waals surface area contributed by atoms with Crippen LogP contribution in [0.1, 0.15) is 61.3 Å². The maximum Gasteiger partial charge on any atom is 0.223 e. The van der Waals surface area contributed by atoms with Gasteiger partial charge in [-0.2, -0.15) is 0 Å². The number of carbonyl (C=O) groups excluding carboxylic acids is 1. The van der Waals surface area contributed by atoms with E-state index >= 15 is 0 Å². The second-order valence-electron chi connectivity index (χ2n) is 8.02. The Labute approximate surface area is 156 Å². The van der Waals surface area contributed by atoms with Gasteiger partial charge < -0.3 is 14.5 Å². The molecule has 0 aliphatic rings. The van der Waals surface area contributed by atoms with E-state index in [1.807, 2.05) is 25.8 Å². The molecule has 5 nitrogen and oxygen atoms in total. The van der Waals surface area contributed by atoms with Crippen LogP contribution >= 0.6 is 0 Å². The molecule has 1 amide bonds. The van der Waals surface area contributed by atoms with E-state index in [4.69, 9.17) is 4.74 Å². The lowest BCUT2D eigenvalue weighted by Gasteiger charge is -2.31. The van der Waals surface area contributed by atoms with Gasteiger partial charge in [0, 0.05) is 44.7 Å². The van der Waals surface area contributed by atoms with Gasteiger partial charge in [-0.15, -0.1) is 0 Å². The maximum atomic E-state index is 12.1. The molecule has 0 aliphatic carbocycles. The van der Waals surface area contributed by atoms with Crippen LogP contribution in [0.15, 0.2) is 0 Å². The van der Waals surface area contributed by atoms with Gasteiger partial charge in [-0.1, -0.05) is 0 Å². The first-order valence-electron chi connectivity index (χ1n) is 9.87. The Bertz CT molecular complexity index is 359. The van der Waals surface area contributed by atoms with Crippen molar-refractivity contribution >= 4 is 5.91 Å². The van der Waals surface area contributed by atoms with Gasteiger partial charge in [0.15, 0.2) is 0 Å². The summed E-state index contributed by atoms with van der Waals surface area (Å²) in [6, 6.07) is 1.25. The van der Waals surface area contributed by atoms with E-state index in [-0.39, 0.29) is 11.9 Å². The molecule has 0 aromatic heterocycles. The topological polar surface area (TPSA) is 36.0 Å². The van der Waals surface area contributed by atoms with Crippen molar-refractivity contribution in [2.24, 2.45) is 0 Å². The van der Waals surface area contributed by atoms with Gasteiger partial charge in [0.2, 0.25) is 5.91 Å². The third-order valence-electron chi connectivity index (χ3n) is 4.99.